The average molecular weight is 311 g/mol. The fraction of sp³-hybridized carbons (Fsp3) is 0.263. The number of anilines is 1. The number of rotatable bonds is 4. The summed E-state index contributed by atoms with van der Waals surface area (Å²) in [5.41, 5.74) is 1.43. The van der Waals surface area contributed by atoms with Crippen LogP contribution in [0.15, 0.2) is 54.6 Å². The second kappa shape index (κ2) is 7.09. The highest BCUT2D eigenvalue weighted by molar-refractivity contribution is 5.98. The highest BCUT2D eigenvalue weighted by Gasteiger charge is 2.17. The predicted octanol–water partition coefficient (Wildman–Crippen LogP) is 4.46. The van der Waals surface area contributed by atoms with Gasteiger partial charge in [0.2, 0.25) is 0 Å². The topological polar surface area (TPSA) is 55.4 Å². The number of ketones is 1. The molecule has 120 valence electrons. The maximum absolute atomic E-state index is 12.3. The monoisotopic (exact) mass is 311 g/mol. The third-order valence-electron chi connectivity index (χ3n) is 3.10. The predicted molar refractivity (Wildman–Crippen MR) is 90.8 cm³/mol. The van der Waals surface area contributed by atoms with E-state index in [9.17, 15) is 9.59 Å². The first-order chi connectivity index (χ1) is 10.8. The van der Waals surface area contributed by atoms with Gasteiger partial charge in [0.15, 0.2) is 5.78 Å². The first-order valence-corrected chi connectivity index (χ1v) is 7.51. The van der Waals surface area contributed by atoms with Crippen molar-refractivity contribution < 1.29 is 14.3 Å². The molecule has 2 aromatic carbocycles. The summed E-state index contributed by atoms with van der Waals surface area (Å²) in [5.74, 6) is 0.00374. The van der Waals surface area contributed by atoms with Crippen LogP contribution >= 0.6 is 0 Å². The Morgan fingerprint density at radius 2 is 1.57 bits per heavy atom. The summed E-state index contributed by atoms with van der Waals surface area (Å²) in [7, 11) is 0. The van der Waals surface area contributed by atoms with Gasteiger partial charge in [-0.25, -0.2) is 4.79 Å². The van der Waals surface area contributed by atoms with E-state index < -0.39 is 11.7 Å². The average Bonchev–Trinajstić information content (AvgIpc) is 2.48. The van der Waals surface area contributed by atoms with Gasteiger partial charge in [0, 0.05) is 17.7 Å². The quantitative estimate of drug-likeness (QED) is 0.848. The molecule has 1 N–H and O–H groups in total. The maximum Gasteiger partial charge on any atom is 0.412 e. The van der Waals surface area contributed by atoms with Crippen LogP contribution in [0.4, 0.5) is 10.5 Å². The van der Waals surface area contributed by atoms with E-state index in [0.717, 1.165) is 5.56 Å². The Morgan fingerprint density at radius 1 is 0.957 bits per heavy atom. The summed E-state index contributed by atoms with van der Waals surface area (Å²) in [6.45, 7) is 5.41. The first-order valence-electron chi connectivity index (χ1n) is 7.51. The highest BCUT2D eigenvalue weighted by atomic mass is 16.6. The molecule has 0 spiro atoms. The number of benzene rings is 2. The van der Waals surface area contributed by atoms with E-state index >= 15 is 0 Å². The van der Waals surface area contributed by atoms with E-state index in [2.05, 4.69) is 5.32 Å². The number of hydrogen-bond donors (Lipinski definition) is 1. The smallest absolute Gasteiger partial charge is 0.412 e. The summed E-state index contributed by atoms with van der Waals surface area (Å²) in [4.78, 5) is 24.3. The number of ether oxygens (including phenoxy) is 1. The van der Waals surface area contributed by atoms with Crippen molar-refractivity contribution >= 4 is 17.6 Å². The van der Waals surface area contributed by atoms with Crippen LogP contribution < -0.4 is 5.32 Å². The van der Waals surface area contributed by atoms with Gasteiger partial charge in [0.25, 0.3) is 0 Å². The molecule has 23 heavy (non-hydrogen) atoms. The molecular formula is C19H21NO3. The Kier molecular flexibility index (Phi) is 5.16. The van der Waals surface area contributed by atoms with E-state index in [1.807, 2.05) is 36.4 Å². The normalized spacial score (nSPS) is 10.9. The van der Waals surface area contributed by atoms with Crippen LogP contribution in [0.5, 0.6) is 0 Å². The molecule has 0 unspecified atom stereocenters. The van der Waals surface area contributed by atoms with Gasteiger partial charge in [0.05, 0.1) is 0 Å². The van der Waals surface area contributed by atoms with E-state index in [-0.39, 0.29) is 12.2 Å². The molecule has 0 bridgehead atoms. The van der Waals surface area contributed by atoms with Gasteiger partial charge in [0.1, 0.15) is 5.60 Å². The molecule has 0 fully saturated rings. The number of Topliss-reactive ketones (excluding diaryl/α,β-unsaturated/α-hetero) is 1. The van der Waals surface area contributed by atoms with Gasteiger partial charge in [-0.05, 0) is 32.4 Å². The van der Waals surface area contributed by atoms with Crippen molar-refractivity contribution in [2.75, 3.05) is 5.32 Å². The van der Waals surface area contributed by atoms with E-state index in [0.29, 0.717) is 11.3 Å². The summed E-state index contributed by atoms with van der Waals surface area (Å²) >= 11 is 0. The highest BCUT2D eigenvalue weighted by Crippen LogP contribution is 2.19. The molecular weight excluding hydrogens is 290 g/mol. The first kappa shape index (κ1) is 16.7. The molecule has 4 heteroatoms. The minimum absolute atomic E-state index is 0.00374. The molecule has 0 radical (unpaired) electrons. The second-order valence-electron chi connectivity index (χ2n) is 6.25. The van der Waals surface area contributed by atoms with Crippen LogP contribution in [0.25, 0.3) is 0 Å². The number of amides is 1. The summed E-state index contributed by atoms with van der Waals surface area (Å²) in [6, 6.07) is 16.3. The van der Waals surface area contributed by atoms with Crippen molar-refractivity contribution in [3.05, 3.63) is 65.7 Å². The fourth-order valence-electron chi connectivity index (χ4n) is 2.11. The van der Waals surface area contributed by atoms with E-state index in [1.165, 1.54) is 0 Å². The lowest BCUT2D eigenvalue weighted by atomic mass is 10.0. The second-order valence-corrected chi connectivity index (χ2v) is 6.25. The Labute approximate surface area is 136 Å². The van der Waals surface area contributed by atoms with Gasteiger partial charge in [-0.1, -0.05) is 48.5 Å². The Hall–Kier alpha value is -2.62. The van der Waals surface area contributed by atoms with Crippen LogP contribution in [0, 0.1) is 0 Å². The Bertz CT molecular complexity index is 687. The SMILES string of the molecule is CC(C)(C)OC(=O)Nc1ccccc1CC(=O)c1ccccc1. The van der Waals surface area contributed by atoms with Crippen LogP contribution in [-0.2, 0) is 11.2 Å². The molecule has 1 amide bonds. The Balaban J connectivity index is 2.12. The van der Waals surface area contributed by atoms with Crippen molar-refractivity contribution in [1.82, 2.24) is 0 Å². The molecule has 2 aromatic rings. The lowest BCUT2D eigenvalue weighted by molar-refractivity contribution is 0.0635. The van der Waals surface area contributed by atoms with Crippen LogP contribution in [0.2, 0.25) is 0 Å². The van der Waals surface area contributed by atoms with Gasteiger partial charge in [-0.2, -0.15) is 0 Å². The number of nitrogens with one attached hydrogen (secondary N) is 1. The number of para-hydroxylation sites is 1. The van der Waals surface area contributed by atoms with E-state index in [4.69, 9.17) is 4.74 Å². The third kappa shape index (κ3) is 5.25. The maximum atomic E-state index is 12.3. The largest absolute Gasteiger partial charge is 0.444 e. The summed E-state index contributed by atoms with van der Waals surface area (Å²) in [6.07, 6.45) is -0.312. The van der Waals surface area contributed by atoms with Crippen molar-refractivity contribution in [1.29, 1.82) is 0 Å². The minimum Gasteiger partial charge on any atom is -0.444 e. The number of hydrogen-bond acceptors (Lipinski definition) is 3. The van der Waals surface area contributed by atoms with Gasteiger partial charge in [-0.3, -0.25) is 10.1 Å². The summed E-state index contributed by atoms with van der Waals surface area (Å²) < 4.78 is 5.25. The standard InChI is InChI=1S/C19H21NO3/c1-19(2,3)23-18(22)20-16-12-8-7-11-15(16)13-17(21)14-9-5-4-6-10-14/h4-12H,13H2,1-3H3,(H,20,22). The van der Waals surface area contributed by atoms with Crippen molar-refractivity contribution in [3.8, 4) is 0 Å². The third-order valence-corrected chi connectivity index (χ3v) is 3.10. The molecule has 0 aliphatic carbocycles. The van der Waals surface area contributed by atoms with Crippen LogP contribution in [0.1, 0.15) is 36.7 Å². The number of carbonyl (C=O) groups excluding carboxylic acids is 2. The zero-order chi connectivity index (χ0) is 16.9. The molecule has 0 aliphatic rings. The van der Waals surface area contributed by atoms with Crippen molar-refractivity contribution in [2.24, 2.45) is 0 Å². The fourth-order valence-corrected chi connectivity index (χ4v) is 2.11. The molecule has 0 aromatic heterocycles. The minimum atomic E-state index is -0.571. The summed E-state index contributed by atoms with van der Waals surface area (Å²) in [5, 5.41) is 2.71. The van der Waals surface area contributed by atoms with Gasteiger partial charge < -0.3 is 4.74 Å². The van der Waals surface area contributed by atoms with Crippen LogP contribution in [0.3, 0.4) is 0 Å². The zero-order valence-corrected chi connectivity index (χ0v) is 13.6. The van der Waals surface area contributed by atoms with E-state index in [1.54, 1.807) is 39.0 Å². The van der Waals surface area contributed by atoms with Crippen molar-refractivity contribution in [2.45, 2.75) is 32.8 Å². The molecule has 0 saturated carbocycles. The van der Waals surface area contributed by atoms with Gasteiger partial charge in [-0.15, -0.1) is 0 Å². The molecule has 2 rings (SSSR count). The zero-order valence-electron chi connectivity index (χ0n) is 13.6. The number of carbonyl (C=O) groups is 2. The van der Waals surface area contributed by atoms with Gasteiger partial charge >= 0.3 is 6.09 Å². The molecule has 4 nitrogen and oxygen atoms in total. The molecule has 0 aliphatic heterocycles. The molecule has 0 heterocycles. The van der Waals surface area contributed by atoms with Crippen LogP contribution in [-0.4, -0.2) is 17.5 Å². The molecule has 0 saturated heterocycles. The lowest BCUT2D eigenvalue weighted by Gasteiger charge is -2.20. The van der Waals surface area contributed by atoms with Crippen molar-refractivity contribution in [3.63, 3.8) is 0 Å². The Morgan fingerprint density at radius 3 is 2.22 bits per heavy atom. The lowest BCUT2D eigenvalue weighted by Crippen LogP contribution is -2.27. The molecule has 0 atom stereocenters.